The summed E-state index contributed by atoms with van der Waals surface area (Å²) in [5.74, 6) is -0.945. The number of nitrogens with zero attached hydrogens (tertiary/aromatic N) is 3. The highest BCUT2D eigenvalue weighted by atomic mass is 16.4. The van der Waals surface area contributed by atoms with Gasteiger partial charge in [-0.3, -0.25) is 4.79 Å². The fourth-order valence-electron chi connectivity index (χ4n) is 2.31. The minimum absolute atomic E-state index is 0.114. The zero-order valence-electron chi connectivity index (χ0n) is 11.0. The van der Waals surface area contributed by atoms with Gasteiger partial charge in [-0.15, -0.1) is 10.2 Å². The molecule has 1 aromatic carbocycles. The van der Waals surface area contributed by atoms with E-state index in [9.17, 15) is 9.59 Å². The topological polar surface area (TPSA) is 109 Å². The summed E-state index contributed by atoms with van der Waals surface area (Å²) < 4.78 is 0. The average molecular weight is 284 g/mol. The highest BCUT2D eigenvalue weighted by Gasteiger charge is 2.21. The first-order valence-electron chi connectivity index (χ1n) is 6.28. The van der Waals surface area contributed by atoms with Crippen molar-refractivity contribution in [3.05, 3.63) is 52.7 Å². The largest absolute Gasteiger partial charge is 0.478 e. The lowest BCUT2D eigenvalue weighted by molar-refractivity contribution is 0.0696. The molecule has 1 aliphatic rings. The lowest BCUT2D eigenvalue weighted by atomic mass is 10.1. The van der Waals surface area contributed by atoms with E-state index in [4.69, 9.17) is 10.8 Å². The molecule has 0 fully saturated rings. The molecule has 0 spiro atoms. The number of hydrogen-bond donors (Lipinski definition) is 2. The summed E-state index contributed by atoms with van der Waals surface area (Å²) in [7, 11) is 0. The second-order valence-corrected chi connectivity index (χ2v) is 4.79. The van der Waals surface area contributed by atoms with E-state index in [1.807, 2.05) is 11.0 Å². The molecule has 2 heterocycles. The molecule has 7 nitrogen and oxygen atoms in total. The molecule has 3 rings (SSSR count). The molecule has 1 amide bonds. The minimum atomic E-state index is -0.943. The normalized spacial score (nSPS) is 13.0. The maximum atomic E-state index is 11.0. The summed E-state index contributed by atoms with van der Waals surface area (Å²) in [6.07, 6.45) is 0. The summed E-state index contributed by atoms with van der Waals surface area (Å²) in [5, 5.41) is 16.8. The number of primary amides is 1. The number of hydrogen-bond acceptors (Lipinski definition) is 5. The molecule has 0 unspecified atom stereocenters. The van der Waals surface area contributed by atoms with Crippen LogP contribution in [0.15, 0.2) is 30.3 Å². The van der Waals surface area contributed by atoms with Crippen LogP contribution in [0.2, 0.25) is 0 Å². The first-order valence-corrected chi connectivity index (χ1v) is 6.28. The van der Waals surface area contributed by atoms with Crippen LogP contribution >= 0.6 is 0 Å². The van der Waals surface area contributed by atoms with Gasteiger partial charge >= 0.3 is 5.97 Å². The molecule has 7 heteroatoms. The SMILES string of the molecule is NC(=O)c1ccc(N2Cc3ccc(C(=O)O)cc3C2)nn1. The lowest BCUT2D eigenvalue weighted by Gasteiger charge is -2.15. The van der Waals surface area contributed by atoms with E-state index in [1.165, 1.54) is 6.07 Å². The first-order chi connectivity index (χ1) is 10.0. The van der Waals surface area contributed by atoms with E-state index in [0.717, 1.165) is 11.1 Å². The number of carboxylic acid groups (broad SMARTS) is 1. The highest BCUT2D eigenvalue weighted by Crippen LogP contribution is 2.27. The minimum Gasteiger partial charge on any atom is -0.478 e. The number of aromatic nitrogens is 2. The number of anilines is 1. The van der Waals surface area contributed by atoms with Gasteiger partial charge in [0.25, 0.3) is 5.91 Å². The van der Waals surface area contributed by atoms with Crippen LogP contribution in [-0.2, 0) is 13.1 Å². The Kier molecular flexibility index (Phi) is 3.02. The molecule has 0 saturated carbocycles. The van der Waals surface area contributed by atoms with Crippen LogP contribution in [0.5, 0.6) is 0 Å². The Morgan fingerprint density at radius 2 is 1.86 bits per heavy atom. The van der Waals surface area contributed by atoms with Crippen molar-refractivity contribution in [2.45, 2.75) is 13.1 Å². The second kappa shape index (κ2) is 4.86. The zero-order valence-corrected chi connectivity index (χ0v) is 11.0. The lowest BCUT2D eigenvalue weighted by Crippen LogP contribution is -2.19. The average Bonchev–Trinajstić information content (AvgIpc) is 2.90. The first kappa shape index (κ1) is 13.0. The van der Waals surface area contributed by atoms with Gasteiger partial charge in [0.2, 0.25) is 0 Å². The van der Waals surface area contributed by atoms with E-state index in [0.29, 0.717) is 18.9 Å². The third-order valence-electron chi connectivity index (χ3n) is 3.40. The number of nitrogens with two attached hydrogens (primary N) is 1. The van der Waals surface area contributed by atoms with Crippen LogP contribution in [0.4, 0.5) is 5.82 Å². The highest BCUT2D eigenvalue weighted by molar-refractivity contribution is 5.90. The molecule has 1 aromatic heterocycles. The summed E-state index contributed by atoms with van der Waals surface area (Å²) >= 11 is 0. The molecule has 0 aliphatic carbocycles. The molecule has 0 saturated heterocycles. The van der Waals surface area contributed by atoms with Gasteiger partial charge in [-0.05, 0) is 35.4 Å². The van der Waals surface area contributed by atoms with Crippen molar-refractivity contribution >= 4 is 17.7 Å². The zero-order chi connectivity index (χ0) is 15.0. The summed E-state index contributed by atoms with van der Waals surface area (Å²) in [6, 6.07) is 8.27. The number of carbonyl (C=O) groups is 2. The standard InChI is InChI=1S/C14H12N4O3/c15-13(19)11-3-4-12(17-16-11)18-6-9-2-1-8(14(20)21)5-10(9)7-18/h1-5H,6-7H2,(H2,15,19)(H,20,21). The van der Waals surface area contributed by atoms with E-state index in [1.54, 1.807) is 18.2 Å². The number of amides is 1. The third kappa shape index (κ3) is 2.40. The van der Waals surface area contributed by atoms with Crippen molar-refractivity contribution in [3.63, 3.8) is 0 Å². The third-order valence-corrected chi connectivity index (χ3v) is 3.40. The van der Waals surface area contributed by atoms with Crippen LogP contribution in [0, 0.1) is 0 Å². The van der Waals surface area contributed by atoms with Crippen molar-refractivity contribution < 1.29 is 14.7 Å². The van der Waals surface area contributed by atoms with Crippen molar-refractivity contribution in [2.24, 2.45) is 5.73 Å². The summed E-state index contributed by atoms with van der Waals surface area (Å²) in [4.78, 5) is 23.9. The van der Waals surface area contributed by atoms with Gasteiger partial charge in [0.05, 0.1) is 5.56 Å². The number of fused-ring (bicyclic) bond motifs is 1. The molecule has 21 heavy (non-hydrogen) atoms. The van der Waals surface area contributed by atoms with Gasteiger partial charge in [0.1, 0.15) is 0 Å². The summed E-state index contributed by atoms with van der Waals surface area (Å²) in [6.45, 7) is 1.18. The van der Waals surface area contributed by atoms with Crippen LogP contribution in [-0.4, -0.2) is 27.2 Å². The number of carbonyl (C=O) groups excluding carboxylic acids is 1. The van der Waals surface area contributed by atoms with Crippen LogP contribution < -0.4 is 10.6 Å². The van der Waals surface area contributed by atoms with Gasteiger partial charge in [-0.1, -0.05) is 6.07 Å². The van der Waals surface area contributed by atoms with Crippen LogP contribution in [0.3, 0.4) is 0 Å². The molecule has 0 bridgehead atoms. The Hall–Kier alpha value is -2.96. The van der Waals surface area contributed by atoms with Crippen molar-refractivity contribution in [2.75, 3.05) is 4.90 Å². The Labute approximate surface area is 120 Å². The maximum Gasteiger partial charge on any atom is 0.335 e. The fourth-order valence-corrected chi connectivity index (χ4v) is 2.31. The van der Waals surface area contributed by atoms with Crippen LogP contribution in [0.1, 0.15) is 32.0 Å². The number of benzene rings is 1. The Bertz CT molecular complexity index is 727. The molecule has 0 radical (unpaired) electrons. The molecule has 3 N–H and O–H groups in total. The van der Waals surface area contributed by atoms with Gasteiger partial charge in [-0.2, -0.15) is 0 Å². The van der Waals surface area contributed by atoms with Gasteiger partial charge in [-0.25, -0.2) is 4.79 Å². The van der Waals surface area contributed by atoms with E-state index >= 15 is 0 Å². The predicted molar refractivity (Wildman–Crippen MR) is 73.8 cm³/mol. The molecule has 106 valence electrons. The summed E-state index contributed by atoms with van der Waals surface area (Å²) in [5.41, 5.74) is 7.51. The quantitative estimate of drug-likeness (QED) is 0.862. The monoisotopic (exact) mass is 284 g/mol. The van der Waals surface area contributed by atoms with Gasteiger partial charge < -0.3 is 15.7 Å². The molecule has 2 aromatic rings. The predicted octanol–water partition coefficient (Wildman–Crippen LogP) is 0.794. The second-order valence-electron chi connectivity index (χ2n) is 4.79. The molecular formula is C14H12N4O3. The van der Waals surface area contributed by atoms with Gasteiger partial charge in [0, 0.05) is 13.1 Å². The number of carboxylic acids is 1. The fraction of sp³-hybridized carbons (Fsp3) is 0.143. The van der Waals surface area contributed by atoms with Crippen molar-refractivity contribution in [3.8, 4) is 0 Å². The molecule has 1 aliphatic heterocycles. The van der Waals surface area contributed by atoms with Crippen LogP contribution in [0.25, 0.3) is 0 Å². The van der Waals surface area contributed by atoms with E-state index in [-0.39, 0.29) is 11.3 Å². The Morgan fingerprint density at radius 1 is 1.10 bits per heavy atom. The van der Waals surface area contributed by atoms with E-state index < -0.39 is 11.9 Å². The smallest absolute Gasteiger partial charge is 0.335 e. The van der Waals surface area contributed by atoms with E-state index in [2.05, 4.69) is 10.2 Å². The maximum absolute atomic E-state index is 11.0. The van der Waals surface area contributed by atoms with Gasteiger partial charge in [0.15, 0.2) is 11.5 Å². The number of aromatic carboxylic acids is 1. The molecular weight excluding hydrogens is 272 g/mol. The van der Waals surface area contributed by atoms with Crippen molar-refractivity contribution in [1.29, 1.82) is 0 Å². The molecule has 0 atom stereocenters. The number of rotatable bonds is 3. The van der Waals surface area contributed by atoms with Crippen molar-refractivity contribution in [1.82, 2.24) is 10.2 Å². The Morgan fingerprint density at radius 3 is 2.48 bits per heavy atom. The Balaban J connectivity index is 1.84.